The molecule has 0 N–H and O–H groups in total. The number of aryl methyl sites for hydroxylation is 1. The maximum atomic E-state index is 5.86. The Kier molecular flexibility index (Phi) is 3.84. The highest BCUT2D eigenvalue weighted by molar-refractivity contribution is 7.78. The van der Waals surface area contributed by atoms with Crippen molar-refractivity contribution >= 4 is 23.8 Å². The molecule has 4 heterocycles. The molecule has 6 nitrogen and oxygen atoms in total. The van der Waals surface area contributed by atoms with E-state index in [0.29, 0.717) is 5.92 Å². The van der Waals surface area contributed by atoms with Crippen molar-refractivity contribution in [2.24, 2.45) is 7.05 Å². The second-order valence-corrected chi connectivity index (χ2v) is 7.74. The summed E-state index contributed by atoms with van der Waals surface area (Å²) in [7, 11) is 1.93. The Balaban J connectivity index is 1.48. The van der Waals surface area contributed by atoms with Crippen LogP contribution in [0.25, 0.3) is 22.2 Å². The minimum atomic E-state index is -0.316. The topological polar surface area (TPSA) is 54.1 Å². The molecule has 0 bridgehead atoms. The Hall–Kier alpha value is -1.83. The third-order valence-electron chi connectivity index (χ3n) is 5.69. The van der Waals surface area contributed by atoms with Crippen LogP contribution < -0.4 is 0 Å². The van der Waals surface area contributed by atoms with Crippen molar-refractivity contribution in [3.63, 3.8) is 0 Å². The smallest absolute Gasteiger partial charge is 0.168 e. The first-order valence-electron chi connectivity index (χ1n) is 9.11. The van der Waals surface area contributed by atoms with Gasteiger partial charge in [-0.15, -0.1) is 0 Å². The molecular formula is C19H22N4O2S. The molecule has 0 radical (unpaired) electrons. The number of aromatic nitrogens is 4. The van der Waals surface area contributed by atoms with Crippen molar-refractivity contribution in [1.29, 1.82) is 0 Å². The van der Waals surface area contributed by atoms with Gasteiger partial charge >= 0.3 is 0 Å². The van der Waals surface area contributed by atoms with Crippen molar-refractivity contribution in [3.8, 4) is 11.1 Å². The summed E-state index contributed by atoms with van der Waals surface area (Å²) in [5.74, 6) is 0.180. The minimum Gasteiger partial charge on any atom is -0.348 e. The van der Waals surface area contributed by atoms with Crippen LogP contribution in [0.15, 0.2) is 30.9 Å². The Labute approximate surface area is 157 Å². The fraction of sp³-hybridized carbons (Fsp3) is 0.474. The summed E-state index contributed by atoms with van der Waals surface area (Å²) < 4.78 is 15.3. The van der Waals surface area contributed by atoms with Crippen LogP contribution in [0.2, 0.25) is 0 Å². The average Bonchev–Trinajstić information content (AvgIpc) is 3.36. The van der Waals surface area contributed by atoms with Crippen LogP contribution in [-0.2, 0) is 16.5 Å². The van der Waals surface area contributed by atoms with Crippen LogP contribution >= 0.6 is 12.8 Å². The minimum absolute atomic E-state index is 0.316. The zero-order valence-corrected chi connectivity index (χ0v) is 15.7. The molecule has 7 heteroatoms. The van der Waals surface area contributed by atoms with Gasteiger partial charge < -0.3 is 9.47 Å². The molecule has 5 rings (SSSR count). The summed E-state index contributed by atoms with van der Waals surface area (Å²) >= 11 is 4.54. The van der Waals surface area contributed by atoms with Crippen molar-refractivity contribution in [3.05, 3.63) is 36.4 Å². The van der Waals surface area contributed by atoms with Crippen molar-refractivity contribution in [1.82, 2.24) is 18.7 Å². The lowest BCUT2D eigenvalue weighted by Gasteiger charge is -2.35. The van der Waals surface area contributed by atoms with E-state index < -0.39 is 0 Å². The predicted octanol–water partition coefficient (Wildman–Crippen LogP) is 3.53. The van der Waals surface area contributed by atoms with Crippen molar-refractivity contribution in [2.75, 3.05) is 13.2 Å². The highest BCUT2D eigenvalue weighted by Gasteiger charge is 2.40. The standard InChI is InChI=1S/C19H22N4O2S/c1-22-11-15(10-21-22)17-12-23(26)18-16(17)8-14(9-20-18)13-2-4-19(5-3-13)24-6-7-25-19/h8-13,26H,2-7H2,1H3. The molecule has 3 aromatic rings. The predicted molar refractivity (Wildman–Crippen MR) is 102 cm³/mol. The van der Waals surface area contributed by atoms with Crippen molar-refractivity contribution < 1.29 is 9.47 Å². The Bertz CT molecular complexity index is 948. The third kappa shape index (κ3) is 2.66. The van der Waals surface area contributed by atoms with Crippen molar-refractivity contribution in [2.45, 2.75) is 37.4 Å². The lowest BCUT2D eigenvalue weighted by Crippen LogP contribution is -2.34. The molecule has 1 saturated heterocycles. The molecule has 26 heavy (non-hydrogen) atoms. The van der Waals surface area contributed by atoms with Crippen LogP contribution in [0.5, 0.6) is 0 Å². The monoisotopic (exact) mass is 370 g/mol. The van der Waals surface area contributed by atoms with E-state index in [1.54, 1.807) is 3.97 Å². The maximum absolute atomic E-state index is 5.86. The SMILES string of the molecule is Cn1cc(-c2cn(S)c3ncc(C4CCC5(CC4)OCCO5)cc23)cn1. The van der Waals surface area contributed by atoms with Gasteiger partial charge in [-0.05, 0) is 30.4 Å². The summed E-state index contributed by atoms with van der Waals surface area (Å²) in [4.78, 5) is 4.69. The molecule has 1 spiro atoms. The molecule has 2 fully saturated rings. The molecule has 136 valence electrons. The molecule has 0 unspecified atom stereocenters. The Morgan fingerprint density at radius 1 is 1.15 bits per heavy atom. The first kappa shape index (κ1) is 16.4. The zero-order valence-electron chi connectivity index (χ0n) is 14.8. The van der Waals surface area contributed by atoms with E-state index in [0.717, 1.165) is 61.1 Å². The van der Waals surface area contributed by atoms with E-state index in [9.17, 15) is 0 Å². The molecule has 1 aliphatic heterocycles. The Morgan fingerprint density at radius 3 is 2.62 bits per heavy atom. The van der Waals surface area contributed by atoms with Gasteiger partial charge in [-0.3, -0.25) is 8.65 Å². The van der Waals surface area contributed by atoms with Gasteiger partial charge in [-0.2, -0.15) is 5.10 Å². The quantitative estimate of drug-likeness (QED) is 0.701. The second-order valence-electron chi connectivity index (χ2n) is 7.31. The molecule has 1 aliphatic carbocycles. The van der Waals surface area contributed by atoms with Crippen LogP contribution in [-0.4, -0.2) is 37.7 Å². The fourth-order valence-electron chi connectivity index (χ4n) is 4.30. The first-order valence-corrected chi connectivity index (χ1v) is 9.51. The number of nitrogens with zero attached hydrogens (tertiary/aromatic N) is 4. The fourth-order valence-corrected chi connectivity index (χ4v) is 4.57. The normalized spacial score (nSPS) is 20.4. The summed E-state index contributed by atoms with van der Waals surface area (Å²) in [5, 5.41) is 5.42. The van der Waals surface area contributed by atoms with E-state index >= 15 is 0 Å². The summed E-state index contributed by atoms with van der Waals surface area (Å²) in [6.07, 6.45) is 12.0. The second kappa shape index (κ2) is 6.11. The van der Waals surface area contributed by atoms with Crippen LogP contribution in [0.1, 0.15) is 37.2 Å². The zero-order chi connectivity index (χ0) is 17.7. The van der Waals surface area contributed by atoms with Gasteiger partial charge in [0.25, 0.3) is 0 Å². The third-order valence-corrected chi connectivity index (χ3v) is 6.00. The Morgan fingerprint density at radius 2 is 1.92 bits per heavy atom. The highest BCUT2D eigenvalue weighted by atomic mass is 32.1. The number of rotatable bonds is 2. The van der Waals surface area contributed by atoms with Gasteiger partial charge in [0.05, 0.1) is 19.4 Å². The number of ether oxygens (including phenoxy) is 2. The van der Waals surface area contributed by atoms with E-state index in [1.807, 2.05) is 36.5 Å². The summed E-state index contributed by atoms with van der Waals surface area (Å²) in [6, 6.07) is 2.27. The number of fused-ring (bicyclic) bond motifs is 1. The summed E-state index contributed by atoms with van der Waals surface area (Å²) in [5.41, 5.74) is 4.37. The highest BCUT2D eigenvalue weighted by Crippen LogP contribution is 2.43. The lowest BCUT2D eigenvalue weighted by atomic mass is 9.81. The van der Waals surface area contributed by atoms with Gasteiger partial charge in [0, 0.05) is 55.0 Å². The first-order chi connectivity index (χ1) is 12.6. The molecule has 2 aliphatic rings. The number of thiol groups is 1. The number of hydrogen-bond donors (Lipinski definition) is 1. The molecule has 0 aromatic carbocycles. The molecule has 0 atom stereocenters. The number of pyridine rings is 1. The largest absolute Gasteiger partial charge is 0.348 e. The van der Waals surface area contributed by atoms with E-state index in [4.69, 9.17) is 14.5 Å². The van der Waals surface area contributed by atoms with E-state index in [1.165, 1.54) is 5.56 Å². The average molecular weight is 370 g/mol. The van der Waals surface area contributed by atoms with Gasteiger partial charge in [0.1, 0.15) is 5.65 Å². The van der Waals surface area contributed by atoms with Crippen LogP contribution in [0.4, 0.5) is 0 Å². The molecule has 3 aromatic heterocycles. The van der Waals surface area contributed by atoms with Crippen LogP contribution in [0, 0.1) is 0 Å². The molecule has 0 amide bonds. The van der Waals surface area contributed by atoms with Gasteiger partial charge in [0.15, 0.2) is 5.79 Å². The van der Waals surface area contributed by atoms with Gasteiger partial charge in [-0.1, -0.05) is 12.8 Å². The lowest BCUT2D eigenvalue weighted by molar-refractivity contribution is -0.178. The molecular weight excluding hydrogens is 348 g/mol. The van der Waals surface area contributed by atoms with Gasteiger partial charge in [-0.25, -0.2) is 4.98 Å². The van der Waals surface area contributed by atoms with Gasteiger partial charge in [0.2, 0.25) is 0 Å². The maximum Gasteiger partial charge on any atom is 0.168 e. The summed E-state index contributed by atoms with van der Waals surface area (Å²) in [6.45, 7) is 1.45. The van der Waals surface area contributed by atoms with E-state index in [-0.39, 0.29) is 5.79 Å². The van der Waals surface area contributed by atoms with E-state index in [2.05, 4.69) is 24.0 Å². The molecule has 1 saturated carbocycles. The number of hydrogen-bond acceptors (Lipinski definition) is 5. The van der Waals surface area contributed by atoms with Crippen LogP contribution in [0.3, 0.4) is 0 Å².